The van der Waals surface area contributed by atoms with Crippen LogP contribution in [0, 0.1) is 13.8 Å². The van der Waals surface area contributed by atoms with Gasteiger partial charge in [-0.25, -0.2) is 4.79 Å². The monoisotopic (exact) mass is 375 g/mol. The second-order valence-corrected chi connectivity index (χ2v) is 6.03. The van der Waals surface area contributed by atoms with E-state index in [1.807, 2.05) is 37.0 Å². The van der Waals surface area contributed by atoms with E-state index < -0.39 is 35.2 Å². The van der Waals surface area contributed by atoms with Gasteiger partial charge in [-0.3, -0.25) is 23.9 Å². The Hall–Kier alpha value is -3.36. The molecule has 0 unspecified atom stereocenters. The summed E-state index contributed by atoms with van der Waals surface area (Å²) in [6.45, 7) is 3.24. The van der Waals surface area contributed by atoms with Gasteiger partial charge in [-0.1, -0.05) is 12.1 Å². The number of carbonyl (C=O) groups excluding carboxylic acids is 2. The van der Waals surface area contributed by atoms with Gasteiger partial charge >= 0.3 is 11.7 Å². The molecule has 9 nitrogen and oxygen atoms in total. The Labute approximate surface area is 154 Å². The SMILES string of the molecule is Cc1ccc(C)c(OCCC(=O)OCC(=O)c2c(N)n(C)c(=O)[nH]c2=O)c1. The number of nitrogens with one attached hydrogen (secondary N) is 1. The smallest absolute Gasteiger partial charge is 0.329 e. The van der Waals surface area contributed by atoms with E-state index in [4.69, 9.17) is 15.2 Å². The maximum atomic E-state index is 12.1. The van der Waals surface area contributed by atoms with Crippen LogP contribution in [0.3, 0.4) is 0 Å². The number of benzene rings is 1. The minimum atomic E-state index is -0.921. The first-order valence-corrected chi connectivity index (χ1v) is 8.18. The van der Waals surface area contributed by atoms with Crippen LogP contribution in [0.25, 0.3) is 0 Å². The maximum absolute atomic E-state index is 12.1. The van der Waals surface area contributed by atoms with Crippen molar-refractivity contribution < 1.29 is 19.1 Å². The van der Waals surface area contributed by atoms with Crippen molar-refractivity contribution in [2.75, 3.05) is 18.9 Å². The van der Waals surface area contributed by atoms with Crippen molar-refractivity contribution in [3.8, 4) is 5.75 Å². The van der Waals surface area contributed by atoms with Gasteiger partial charge in [0.1, 0.15) is 17.1 Å². The summed E-state index contributed by atoms with van der Waals surface area (Å²) < 4.78 is 11.3. The summed E-state index contributed by atoms with van der Waals surface area (Å²) in [6.07, 6.45) is -0.0697. The molecule has 0 aliphatic rings. The molecule has 0 amide bonds. The molecule has 0 bridgehead atoms. The predicted octanol–water partition coefficient (Wildman–Crippen LogP) is 0.468. The van der Waals surface area contributed by atoms with E-state index in [0.717, 1.165) is 15.7 Å². The normalized spacial score (nSPS) is 10.5. The Morgan fingerprint density at radius 1 is 1.22 bits per heavy atom. The second kappa shape index (κ2) is 8.35. The molecule has 0 atom stereocenters. The summed E-state index contributed by atoms with van der Waals surface area (Å²) in [5.74, 6) is -1.08. The van der Waals surface area contributed by atoms with Crippen LogP contribution < -0.4 is 21.7 Å². The van der Waals surface area contributed by atoms with Crippen molar-refractivity contribution in [3.05, 3.63) is 55.7 Å². The van der Waals surface area contributed by atoms with Gasteiger partial charge in [0.05, 0.1) is 13.0 Å². The fourth-order valence-electron chi connectivity index (χ4n) is 2.30. The molecule has 0 saturated heterocycles. The van der Waals surface area contributed by atoms with Crippen LogP contribution in [0.4, 0.5) is 5.82 Å². The van der Waals surface area contributed by atoms with Crippen molar-refractivity contribution in [2.45, 2.75) is 20.3 Å². The topological polar surface area (TPSA) is 133 Å². The molecule has 27 heavy (non-hydrogen) atoms. The van der Waals surface area contributed by atoms with Crippen molar-refractivity contribution in [1.82, 2.24) is 9.55 Å². The number of H-pyrrole nitrogens is 1. The average molecular weight is 375 g/mol. The third-order valence-electron chi connectivity index (χ3n) is 3.92. The molecule has 0 aliphatic heterocycles. The number of nitrogens with zero attached hydrogens (tertiary/aromatic N) is 1. The number of esters is 1. The van der Waals surface area contributed by atoms with Crippen molar-refractivity contribution in [1.29, 1.82) is 0 Å². The summed E-state index contributed by atoms with van der Waals surface area (Å²) in [4.78, 5) is 49.0. The highest BCUT2D eigenvalue weighted by molar-refractivity contribution is 6.01. The number of nitrogens with two attached hydrogens (primary N) is 1. The standard InChI is InChI=1S/C18H21N3O6/c1-10-4-5-11(2)13(8-10)26-7-6-14(23)27-9-12(22)15-16(19)21(3)18(25)20-17(15)24/h4-5,8H,6-7,9,19H2,1-3H3,(H,20,24,25). The first-order valence-electron chi connectivity index (χ1n) is 8.18. The highest BCUT2D eigenvalue weighted by Crippen LogP contribution is 2.19. The van der Waals surface area contributed by atoms with Crippen LogP contribution in [0.15, 0.2) is 27.8 Å². The third-order valence-corrected chi connectivity index (χ3v) is 3.92. The van der Waals surface area contributed by atoms with Crippen LogP contribution >= 0.6 is 0 Å². The van der Waals surface area contributed by atoms with Gasteiger partial charge in [-0.2, -0.15) is 0 Å². The molecular formula is C18H21N3O6. The summed E-state index contributed by atoms with van der Waals surface area (Å²) in [5.41, 5.74) is 5.51. The quantitative estimate of drug-likeness (QED) is 0.531. The van der Waals surface area contributed by atoms with Crippen LogP contribution in [0.1, 0.15) is 27.9 Å². The second-order valence-electron chi connectivity index (χ2n) is 6.03. The molecule has 3 N–H and O–H groups in total. The number of anilines is 1. The number of aromatic amines is 1. The first-order chi connectivity index (χ1) is 12.7. The molecule has 9 heteroatoms. The number of Topliss-reactive ketones (excluding diaryl/α,β-unsaturated/α-hetero) is 1. The molecule has 1 aromatic carbocycles. The van der Waals surface area contributed by atoms with Crippen molar-refractivity contribution >= 4 is 17.6 Å². The highest BCUT2D eigenvalue weighted by atomic mass is 16.5. The molecule has 2 rings (SSSR count). The Kier molecular flexibility index (Phi) is 6.17. The van der Waals surface area contributed by atoms with Crippen molar-refractivity contribution in [2.24, 2.45) is 7.05 Å². The van der Waals surface area contributed by atoms with E-state index in [2.05, 4.69) is 0 Å². The molecular weight excluding hydrogens is 354 g/mol. The number of aryl methyl sites for hydroxylation is 2. The number of ketones is 1. The van der Waals surface area contributed by atoms with Gasteiger partial charge in [0.2, 0.25) is 5.78 Å². The number of hydrogen-bond acceptors (Lipinski definition) is 7. The zero-order valence-electron chi connectivity index (χ0n) is 15.3. The zero-order chi connectivity index (χ0) is 20.1. The van der Waals surface area contributed by atoms with Crippen LogP contribution in [-0.4, -0.2) is 34.5 Å². The van der Waals surface area contributed by atoms with Gasteiger partial charge in [0.15, 0.2) is 6.61 Å². The molecule has 0 aliphatic carbocycles. The number of rotatable bonds is 7. The lowest BCUT2D eigenvalue weighted by atomic mass is 10.1. The number of aromatic nitrogens is 2. The van der Waals surface area contributed by atoms with Gasteiger partial charge in [0, 0.05) is 7.05 Å². The molecule has 1 aromatic heterocycles. The third kappa shape index (κ3) is 4.84. The van der Waals surface area contributed by atoms with E-state index in [1.54, 1.807) is 0 Å². The molecule has 2 aromatic rings. The molecule has 0 fully saturated rings. The van der Waals surface area contributed by atoms with E-state index in [9.17, 15) is 19.2 Å². The lowest BCUT2D eigenvalue weighted by Gasteiger charge is -2.10. The van der Waals surface area contributed by atoms with E-state index >= 15 is 0 Å². The minimum Gasteiger partial charge on any atom is -0.493 e. The predicted molar refractivity (Wildman–Crippen MR) is 98.0 cm³/mol. The zero-order valence-corrected chi connectivity index (χ0v) is 15.3. The lowest BCUT2D eigenvalue weighted by molar-refractivity contribution is -0.143. The number of hydrogen-bond donors (Lipinski definition) is 2. The summed E-state index contributed by atoms with van der Waals surface area (Å²) >= 11 is 0. The molecule has 144 valence electrons. The number of nitrogen functional groups attached to an aromatic ring is 1. The molecule has 0 spiro atoms. The Bertz CT molecular complexity index is 990. The van der Waals surface area contributed by atoms with Crippen LogP contribution in [0.2, 0.25) is 0 Å². The Morgan fingerprint density at radius 3 is 2.63 bits per heavy atom. The number of ether oxygens (including phenoxy) is 2. The number of carbonyl (C=O) groups is 2. The van der Waals surface area contributed by atoms with Crippen molar-refractivity contribution in [3.63, 3.8) is 0 Å². The van der Waals surface area contributed by atoms with E-state index in [1.165, 1.54) is 7.05 Å². The largest absolute Gasteiger partial charge is 0.493 e. The molecule has 0 saturated carbocycles. The Morgan fingerprint density at radius 2 is 1.93 bits per heavy atom. The fourth-order valence-corrected chi connectivity index (χ4v) is 2.30. The van der Waals surface area contributed by atoms with E-state index in [0.29, 0.717) is 5.75 Å². The van der Waals surface area contributed by atoms with Crippen LogP contribution in [-0.2, 0) is 16.6 Å². The Balaban J connectivity index is 1.90. The van der Waals surface area contributed by atoms with Crippen LogP contribution in [0.5, 0.6) is 5.75 Å². The van der Waals surface area contributed by atoms with Gasteiger partial charge in [-0.05, 0) is 31.0 Å². The minimum absolute atomic E-state index is 0.0697. The first kappa shape index (κ1) is 20.0. The lowest BCUT2D eigenvalue weighted by Crippen LogP contribution is -2.35. The van der Waals surface area contributed by atoms with Gasteiger partial charge in [-0.15, -0.1) is 0 Å². The summed E-state index contributed by atoms with van der Waals surface area (Å²) in [6, 6.07) is 5.73. The van der Waals surface area contributed by atoms with E-state index in [-0.39, 0.29) is 18.8 Å². The highest BCUT2D eigenvalue weighted by Gasteiger charge is 2.19. The van der Waals surface area contributed by atoms with Gasteiger partial charge < -0.3 is 15.2 Å². The summed E-state index contributed by atoms with van der Waals surface area (Å²) in [5, 5.41) is 0. The van der Waals surface area contributed by atoms with Gasteiger partial charge in [0.25, 0.3) is 5.56 Å². The summed E-state index contributed by atoms with van der Waals surface area (Å²) in [7, 11) is 1.31. The molecule has 0 radical (unpaired) electrons. The fraction of sp³-hybridized carbons (Fsp3) is 0.333. The average Bonchev–Trinajstić information content (AvgIpc) is 2.61. The molecule has 1 heterocycles. The maximum Gasteiger partial charge on any atom is 0.329 e.